The molecule has 1 fully saturated rings. The van der Waals surface area contributed by atoms with Crippen molar-refractivity contribution >= 4 is 5.97 Å². The molecular weight excluding hydrogens is 254 g/mol. The summed E-state index contributed by atoms with van der Waals surface area (Å²) in [7, 11) is 0. The quantitative estimate of drug-likeness (QED) is 0.493. The number of phenolic OH excluding ortho intramolecular Hbond substituents is 1. The van der Waals surface area contributed by atoms with Crippen molar-refractivity contribution in [2.75, 3.05) is 0 Å². The number of carbonyl (C=O) groups is 1. The number of hydrogen-bond donors (Lipinski definition) is 2. The standard InChI is InChI=1S/C16H21NO3/c1-2-16(19)20-14-8-9-15(18)12(10-14)11-17-13-6-4-3-5-7-13/h2,8-10,13,17-18H,1,3-7,11H2. The van der Waals surface area contributed by atoms with E-state index in [2.05, 4.69) is 11.9 Å². The summed E-state index contributed by atoms with van der Waals surface area (Å²) in [5.74, 6) is 0.140. The van der Waals surface area contributed by atoms with Gasteiger partial charge < -0.3 is 15.2 Å². The maximum Gasteiger partial charge on any atom is 0.335 e. The first-order valence-electron chi connectivity index (χ1n) is 7.08. The van der Waals surface area contributed by atoms with E-state index in [0.29, 0.717) is 18.3 Å². The Labute approximate surface area is 119 Å². The van der Waals surface area contributed by atoms with Crippen LogP contribution in [0.2, 0.25) is 0 Å². The minimum atomic E-state index is -0.498. The Morgan fingerprint density at radius 1 is 1.40 bits per heavy atom. The number of carbonyl (C=O) groups excluding carboxylic acids is 1. The molecule has 0 heterocycles. The lowest BCUT2D eigenvalue weighted by atomic mass is 9.95. The number of phenols is 1. The van der Waals surface area contributed by atoms with Gasteiger partial charge >= 0.3 is 5.97 Å². The van der Waals surface area contributed by atoms with Crippen LogP contribution in [0.15, 0.2) is 30.9 Å². The summed E-state index contributed by atoms with van der Waals surface area (Å²) >= 11 is 0. The van der Waals surface area contributed by atoms with E-state index in [9.17, 15) is 9.90 Å². The van der Waals surface area contributed by atoms with E-state index in [4.69, 9.17) is 4.74 Å². The Balaban J connectivity index is 1.96. The van der Waals surface area contributed by atoms with Gasteiger partial charge in [-0.2, -0.15) is 0 Å². The minimum Gasteiger partial charge on any atom is -0.508 e. The van der Waals surface area contributed by atoms with E-state index in [1.54, 1.807) is 18.2 Å². The summed E-state index contributed by atoms with van der Waals surface area (Å²) < 4.78 is 5.06. The number of benzene rings is 1. The van der Waals surface area contributed by atoms with Crippen molar-refractivity contribution in [3.05, 3.63) is 36.4 Å². The third-order valence-electron chi connectivity index (χ3n) is 3.62. The predicted octanol–water partition coefficient (Wildman–Crippen LogP) is 2.91. The van der Waals surface area contributed by atoms with Crippen LogP contribution in [0.25, 0.3) is 0 Å². The Hall–Kier alpha value is -1.81. The van der Waals surface area contributed by atoms with Gasteiger partial charge in [-0.1, -0.05) is 25.8 Å². The summed E-state index contributed by atoms with van der Waals surface area (Å²) in [5, 5.41) is 13.3. The summed E-state index contributed by atoms with van der Waals surface area (Å²) in [6.07, 6.45) is 7.34. The lowest BCUT2D eigenvalue weighted by Gasteiger charge is -2.23. The van der Waals surface area contributed by atoms with Gasteiger partial charge in [0.15, 0.2) is 0 Å². The molecule has 1 aliphatic carbocycles. The van der Waals surface area contributed by atoms with Gasteiger partial charge in [0.05, 0.1) is 0 Å². The lowest BCUT2D eigenvalue weighted by molar-refractivity contribution is -0.128. The first-order chi connectivity index (χ1) is 9.69. The van der Waals surface area contributed by atoms with Crippen molar-refractivity contribution in [2.24, 2.45) is 0 Å². The maximum absolute atomic E-state index is 11.2. The topological polar surface area (TPSA) is 58.6 Å². The van der Waals surface area contributed by atoms with Gasteiger partial charge in [0.2, 0.25) is 0 Å². The fourth-order valence-corrected chi connectivity index (χ4v) is 2.49. The van der Waals surface area contributed by atoms with E-state index >= 15 is 0 Å². The number of nitrogens with one attached hydrogen (secondary N) is 1. The predicted molar refractivity (Wildman–Crippen MR) is 77.7 cm³/mol. The largest absolute Gasteiger partial charge is 0.508 e. The van der Waals surface area contributed by atoms with Gasteiger partial charge in [0.25, 0.3) is 0 Å². The van der Waals surface area contributed by atoms with Gasteiger partial charge in [-0.15, -0.1) is 0 Å². The summed E-state index contributed by atoms with van der Waals surface area (Å²) in [6.45, 7) is 3.94. The molecule has 108 valence electrons. The molecule has 1 saturated carbocycles. The summed E-state index contributed by atoms with van der Waals surface area (Å²) in [5.41, 5.74) is 0.741. The molecule has 1 aromatic rings. The average molecular weight is 275 g/mol. The second kappa shape index (κ2) is 7.10. The van der Waals surface area contributed by atoms with Crippen molar-refractivity contribution in [3.8, 4) is 11.5 Å². The second-order valence-corrected chi connectivity index (χ2v) is 5.13. The molecule has 1 aromatic carbocycles. The number of esters is 1. The van der Waals surface area contributed by atoms with Crippen molar-refractivity contribution in [1.82, 2.24) is 5.32 Å². The maximum atomic E-state index is 11.2. The van der Waals surface area contributed by atoms with Crippen LogP contribution in [0.1, 0.15) is 37.7 Å². The van der Waals surface area contributed by atoms with Crippen molar-refractivity contribution < 1.29 is 14.6 Å². The highest BCUT2D eigenvalue weighted by molar-refractivity contribution is 5.83. The fraction of sp³-hybridized carbons (Fsp3) is 0.438. The Kier molecular flexibility index (Phi) is 5.18. The molecular formula is C16H21NO3. The van der Waals surface area contributed by atoms with Crippen LogP contribution in [-0.2, 0) is 11.3 Å². The van der Waals surface area contributed by atoms with Crippen LogP contribution >= 0.6 is 0 Å². The number of hydrogen-bond acceptors (Lipinski definition) is 4. The molecule has 0 amide bonds. The van der Waals surface area contributed by atoms with Crippen molar-refractivity contribution in [1.29, 1.82) is 0 Å². The first-order valence-corrected chi connectivity index (χ1v) is 7.08. The lowest BCUT2D eigenvalue weighted by Crippen LogP contribution is -2.30. The van der Waals surface area contributed by atoms with Crippen LogP contribution in [0.5, 0.6) is 11.5 Å². The van der Waals surface area contributed by atoms with Crippen molar-refractivity contribution in [3.63, 3.8) is 0 Å². The molecule has 0 bridgehead atoms. The van der Waals surface area contributed by atoms with Crippen LogP contribution in [-0.4, -0.2) is 17.1 Å². The number of aromatic hydroxyl groups is 1. The zero-order valence-electron chi connectivity index (χ0n) is 11.6. The Morgan fingerprint density at radius 3 is 2.85 bits per heavy atom. The molecule has 0 aromatic heterocycles. The van der Waals surface area contributed by atoms with Crippen LogP contribution in [0.3, 0.4) is 0 Å². The fourth-order valence-electron chi connectivity index (χ4n) is 2.49. The Bertz CT molecular complexity index is 479. The number of ether oxygens (including phenoxy) is 1. The molecule has 20 heavy (non-hydrogen) atoms. The Morgan fingerprint density at radius 2 is 2.15 bits per heavy atom. The molecule has 0 aliphatic heterocycles. The van der Waals surface area contributed by atoms with Crippen LogP contribution < -0.4 is 10.1 Å². The molecule has 0 atom stereocenters. The second-order valence-electron chi connectivity index (χ2n) is 5.13. The molecule has 1 aliphatic rings. The monoisotopic (exact) mass is 275 g/mol. The van der Waals surface area contributed by atoms with Gasteiger partial charge in [-0.05, 0) is 31.0 Å². The average Bonchev–Trinajstić information content (AvgIpc) is 2.48. The number of rotatable bonds is 5. The molecule has 0 saturated heterocycles. The highest BCUT2D eigenvalue weighted by Gasteiger charge is 2.13. The molecule has 2 N–H and O–H groups in total. The van der Waals surface area contributed by atoms with E-state index in [-0.39, 0.29) is 5.75 Å². The zero-order chi connectivity index (χ0) is 14.4. The van der Waals surface area contributed by atoms with Crippen LogP contribution in [0, 0.1) is 0 Å². The molecule has 0 unspecified atom stereocenters. The SMILES string of the molecule is C=CC(=O)Oc1ccc(O)c(CNC2CCCCC2)c1. The zero-order valence-corrected chi connectivity index (χ0v) is 11.6. The third kappa shape index (κ3) is 4.10. The van der Waals surface area contributed by atoms with E-state index < -0.39 is 5.97 Å². The molecule has 4 nitrogen and oxygen atoms in total. The molecule has 4 heteroatoms. The van der Waals surface area contributed by atoms with Gasteiger partial charge in [-0.25, -0.2) is 4.79 Å². The normalized spacial score (nSPS) is 15.8. The summed E-state index contributed by atoms with van der Waals surface area (Å²) in [6, 6.07) is 5.32. The third-order valence-corrected chi connectivity index (χ3v) is 3.62. The summed E-state index contributed by atoms with van der Waals surface area (Å²) in [4.78, 5) is 11.2. The van der Waals surface area contributed by atoms with Crippen molar-refractivity contribution in [2.45, 2.75) is 44.7 Å². The highest BCUT2D eigenvalue weighted by Crippen LogP contribution is 2.24. The molecule has 0 radical (unpaired) electrons. The first kappa shape index (κ1) is 14.6. The van der Waals surface area contributed by atoms with Gasteiger partial charge in [-0.3, -0.25) is 0 Å². The molecule has 2 rings (SSSR count). The minimum absolute atomic E-state index is 0.215. The highest BCUT2D eigenvalue weighted by atomic mass is 16.5. The van der Waals surface area contributed by atoms with Gasteiger partial charge in [0, 0.05) is 24.2 Å². The van der Waals surface area contributed by atoms with Crippen LogP contribution in [0.4, 0.5) is 0 Å². The van der Waals surface area contributed by atoms with E-state index in [0.717, 1.165) is 11.6 Å². The smallest absolute Gasteiger partial charge is 0.335 e. The molecule has 0 spiro atoms. The van der Waals surface area contributed by atoms with Gasteiger partial charge in [0.1, 0.15) is 11.5 Å². The van der Waals surface area contributed by atoms with E-state index in [1.165, 1.54) is 32.1 Å². The van der Waals surface area contributed by atoms with E-state index in [1.807, 2.05) is 0 Å².